The van der Waals surface area contributed by atoms with Crippen LogP contribution in [-0.2, 0) is 11.3 Å². The van der Waals surface area contributed by atoms with Gasteiger partial charge in [-0.25, -0.2) is 4.98 Å². The van der Waals surface area contributed by atoms with Crippen LogP contribution in [0, 0.1) is 0 Å². The highest BCUT2D eigenvalue weighted by molar-refractivity contribution is 5.39. The monoisotopic (exact) mass is 285 g/mol. The SMILES string of the molecule is c1ccc(CNc2ccnc(NCC3CCCO3)n2)nc1. The highest BCUT2D eigenvalue weighted by Gasteiger charge is 2.15. The van der Waals surface area contributed by atoms with E-state index in [1.807, 2.05) is 24.3 Å². The van der Waals surface area contributed by atoms with Crippen molar-refractivity contribution in [3.8, 4) is 0 Å². The Morgan fingerprint density at radius 1 is 1.14 bits per heavy atom. The van der Waals surface area contributed by atoms with Gasteiger partial charge in [-0.05, 0) is 31.0 Å². The van der Waals surface area contributed by atoms with Crippen LogP contribution in [0.2, 0.25) is 0 Å². The maximum atomic E-state index is 5.57. The molecule has 0 spiro atoms. The molecule has 0 aromatic carbocycles. The number of rotatable bonds is 6. The van der Waals surface area contributed by atoms with Crippen LogP contribution in [0.4, 0.5) is 11.8 Å². The second-order valence-electron chi connectivity index (χ2n) is 4.96. The van der Waals surface area contributed by atoms with E-state index in [4.69, 9.17) is 4.74 Å². The summed E-state index contributed by atoms with van der Waals surface area (Å²) in [6.45, 7) is 2.26. The quantitative estimate of drug-likeness (QED) is 0.846. The van der Waals surface area contributed by atoms with Crippen molar-refractivity contribution in [3.63, 3.8) is 0 Å². The van der Waals surface area contributed by atoms with Gasteiger partial charge in [0.1, 0.15) is 5.82 Å². The molecule has 0 amide bonds. The molecule has 2 N–H and O–H groups in total. The van der Waals surface area contributed by atoms with Crippen molar-refractivity contribution >= 4 is 11.8 Å². The minimum absolute atomic E-state index is 0.277. The van der Waals surface area contributed by atoms with Gasteiger partial charge in [-0.15, -0.1) is 0 Å². The average Bonchev–Trinajstić information content (AvgIpc) is 3.06. The molecule has 0 radical (unpaired) electrons. The second-order valence-corrected chi connectivity index (χ2v) is 4.96. The van der Waals surface area contributed by atoms with Gasteiger partial charge < -0.3 is 15.4 Å². The van der Waals surface area contributed by atoms with Crippen LogP contribution in [0.3, 0.4) is 0 Å². The third-order valence-electron chi connectivity index (χ3n) is 3.34. The molecule has 6 heteroatoms. The lowest BCUT2D eigenvalue weighted by Crippen LogP contribution is -2.19. The summed E-state index contributed by atoms with van der Waals surface area (Å²) in [5, 5.41) is 6.47. The largest absolute Gasteiger partial charge is 0.376 e. The van der Waals surface area contributed by atoms with Crippen molar-refractivity contribution in [2.75, 3.05) is 23.8 Å². The first-order valence-corrected chi connectivity index (χ1v) is 7.22. The molecule has 1 aliphatic rings. The normalized spacial score (nSPS) is 17.6. The van der Waals surface area contributed by atoms with Crippen LogP contribution in [0.25, 0.3) is 0 Å². The van der Waals surface area contributed by atoms with Crippen LogP contribution in [-0.4, -0.2) is 34.2 Å². The summed E-state index contributed by atoms with van der Waals surface area (Å²) in [5.41, 5.74) is 0.977. The predicted molar refractivity (Wildman–Crippen MR) is 81.1 cm³/mol. The van der Waals surface area contributed by atoms with E-state index in [9.17, 15) is 0 Å². The fourth-order valence-electron chi connectivity index (χ4n) is 2.24. The van der Waals surface area contributed by atoms with Crippen LogP contribution >= 0.6 is 0 Å². The molecule has 1 atom stereocenters. The molecule has 0 saturated carbocycles. The van der Waals surface area contributed by atoms with Crippen molar-refractivity contribution in [2.45, 2.75) is 25.5 Å². The standard InChI is InChI=1S/C15H19N5O/c1-2-7-16-12(4-1)10-18-14-6-8-17-15(20-14)19-11-13-5-3-9-21-13/h1-2,4,6-8,13H,3,5,9-11H2,(H2,17,18,19,20). The van der Waals surface area contributed by atoms with Crippen molar-refractivity contribution in [3.05, 3.63) is 42.4 Å². The molecule has 21 heavy (non-hydrogen) atoms. The smallest absolute Gasteiger partial charge is 0.224 e. The molecule has 3 rings (SSSR count). The van der Waals surface area contributed by atoms with Crippen LogP contribution in [0.15, 0.2) is 36.7 Å². The van der Waals surface area contributed by atoms with Crippen molar-refractivity contribution < 1.29 is 4.74 Å². The van der Waals surface area contributed by atoms with E-state index in [-0.39, 0.29) is 6.10 Å². The molecule has 110 valence electrons. The summed E-state index contributed by atoms with van der Waals surface area (Å²) in [7, 11) is 0. The highest BCUT2D eigenvalue weighted by Crippen LogP contribution is 2.13. The number of hydrogen-bond acceptors (Lipinski definition) is 6. The van der Waals surface area contributed by atoms with E-state index in [0.29, 0.717) is 12.5 Å². The van der Waals surface area contributed by atoms with E-state index < -0.39 is 0 Å². The Morgan fingerprint density at radius 2 is 2.14 bits per heavy atom. The van der Waals surface area contributed by atoms with Gasteiger partial charge in [0.2, 0.25) is 5.95 Å². The van der Waals surface area contributed by atoms with Gasteiger partial charge in [0, 0.05) is 25.5 Å². The minimum atomic E-state index is 0.277. The Bertz CT molecular complexity index is 557. The zero-order chi connectivity index (χ0) is 14.3. The molecule has 2 aromatic heterocycles. The van der Waals surface area contributed by atoms with E-state index in [1.54, 1.807) is 12.4 Å². The van der Waals surface area contributed by atoms with Gasteiger partial charge in [-0.1, -0.05) is 6.07 Å². The van der Waals surface area contributed by atoms with E-state index in [1.165, 1.54) is 0 Å². The Kier molecular flexibility index (Phi) is 4.58. The van der Waals surface area contributed by atoms with Gasteiger partial charge in [0.25, 0.3) is 0 Å². The van der Waals surface area contributed by atoms with E-state index >= 15 is 0 Å². The van der Waals surface area contributed by atoms with Gasteiger partial charge in [-0.2, -0.15) is 4.98 Å². The van der Waals surface area contributed by atoms with E-state index in [2.05, 4.69) is 25.6 Å². The lowest BCUT2D eigenvalue weighted by atomic mass is 10.2. The lowest BCUT2D eigenvalue weighted by molar-refractivity contribution is 0.120. The molecule has 1 fully saturated rings. The Hall–Kier alpha value is -2.21. The van der Waals surface area contributed by atoms with E-state index in [0.717, 1.165) is 37.5 Å². The number of ether oxygens (including phenoxy) is 1. The van der Waals surface area contributed by atoms with Crippen molar-refractivity contribution in [1.29, 1.82) is 0 Å². The molecule has 1 saturated heterocycles. The maximum Gasteiger partial charge on any atom is 0.224 e. The molecular weight excluding hydrogens is 266 g/mol. The highest BCUT2D eigenvalue weighted by atomic mass is 16.5. The zero-order valence-corrected chi connectivity index (χ0v) is 11.8. The van der Waals surface area contributed by atoms with Crippen LogP contribution < -0.4 is 10.6 Å². The average molecular weight is 285 g/mol. The minimum Gasteiger partial charge on any atom is -0.376 e. The molecule has 1 aliphatic heterocycles. The van der Waals surface area contributed by atoms with Crippen LogP contribution in [0.5, 0.6) is 0 Å². The number of hydrogen-bond donors (Lipinski definition) is 2. The molecule has 6 nitrogen and oxygen atoms in total. The number of pyridine rings is 1. The first-order chi connectivity index (χ1) is 10.4. The first-order valence-electron chi connectivity index (χ1n) is 7.22. The Balaban J connectivity index is 1.52. The summed E-state index contributed by atoms with van der Waals surface area (Å²) in [5.74, 6) is 1.40. The third-order valence-corrected chi connectivity index (χ3v) is 3.34. The predicted octanol–water partition coefficient (Wildman–Crippen LogP) is 2.07. The fourth-order valence-corrected chi connectivity index (χ4v) is 2.24. The number of aromatic nitrogens is 3. The zero-order valence-electron chi connectivity index (χ0n) is 11.8. The third kappa shape index (κ3) is 4.13. The number of nitrogens with zero attached hydrogens (tertiary/aromatic N) is 3. The fraction of sp³-hybridized carbons (Fsp3) is 0.400. The van der Waals surface area contributed by atoms with Crippen molar-refractivity contribution in [1.82, 2.24) is 15.0 Å². The molecule has 0 aliphatic carbocycles. The molecular formula is C15H19N5O. The maximum absolute atomic E-state index is 5.57. The Labute approximate surface area is 124 Å². The van der Waals surface area contributed by atoms with Gasteiger partial charge in [0.15, 0.2) is 0 Å². The van der Waals surface area contributed by atoms with Crippen molar-refractivity contribution in [2.24, 2.45) is 0 Å². The first kappa shape index (κ1) is 13.8. The number of nitrogens with one attached hydrogen (secondary N) is 2. The summed E-state index contributed by atoms with van der Waals surface area (Å²) >= 11 is 0. The van der Waals surface area contributed by atoms with Gasteiger partial charge >= 0.3 is 0 Å². The summed E-state index contributed by atoms with van der Waals surface area (Å²) in [4.78, 5) is 12.9. The topological polar surface area (TPSA) is 72.0 Å². The summed E-state index contributed by atoms with van der Waals surface area (Å²) in [6.07, 6.45) is 6.04. The van der Waals surface area contributed by atoms with Gasteiger partial charge in [-0.3, -0.25) is 4.98 Å². The van der Waals surface area contributed by atoms with Gasteiger partial charge in [0.05, 0.1) is 18.3 Å². The molecule has 1 unspecified atom stereocenters. The second kappa shape index (κ2) is 6.99. The summed E-state index contributed by atoms with van der Waals surface area (Å²) in [6, 6.07) is 7.70. The molecule has 2 aromatic rings. The lowest BCUT2D eigenvalue weighted by Gasteiger charge is -2.11. The summed E-state index contributed by atoms with van der Waals surface area (Å²) < 4.78 is 5.57. The molecule has 0 bridgehead atoms. The molecule has 3 heterocycles. The number of anilines is 2. The van der Waals surface area contributed by atoms with Crippen LogP contribution in [0.1, 0.15) is 18.5 Å². The Morgan fingerprint density at radius 3 is 2.95 bits per heavy atom.